The van der Waals surface area contributed by atoms with Gasteiger partial charge in [-0.15, -0.1) is 0 Å². The third-order valence-electron chi connectivity index (χ3n) is 0.345. The van der Waals surface area contributed by atoms with Crippen molar-refractivity contribution in [1.29, 1.82) is 0 Å². The van der Waals surface area contributed by atoms with Gasteiger partial charge in [-0.1, -0.05) is 0 Å². The third kappa shape index (κ3) is 17.8. The van der Waals surface area contributed by atoms with E-state index in [1.54, 1.807) is 0 Å². The molecule has 0 aliphatic heterocycles. The van der Waals surface area contributed by atoms with Gasteiger partial charge >= 0.3 is 59.1 Å². The first-order valence-corrected chi connectivity index (χ1v) is 1.81. The summed E-state index contributed by atoms with van der Waals surface area (Å²) < 4.78 is 3.83. The molecule has 0 unspecified atom stereocenters. The fourth-order valence-corrected chi connectivity index (χ4v) is 0.149. The molecule has 0 saturated carbocycles. The van der Waals surface area contributed by atoms with E-state index in [0.717, 1.165) is 0 Å². The number of aliphatic hydroxyl groups excluding tert-OH is 1. The van der Waals surface area contributed by atoms with E-state index in [9.17, 15) is 10.0 Å². The van der Waals surface area contributed by atoms with E-state index in [1.165, 1.54) is 0 Å². The fourth-order valence-electron chi connectivity index (χ4n) is 0.149. The Labute approximate surface area is 98.4 Å². The summed E-state index contributed by atoms with van der Waals surface area (Å²) in [5.41, 5.74) is 0. The summed E-state index contributed by atoms with van der Waals surface area (Å²) in [5, 5.41) is 26.7. The Balaban J connectivity index is -0.000000180. The van der Waals surface area contributed by atoms with Crippen molar-refractivity contribution in [2.45, 2.75) is 0 Å². The van der Waals surface area contributed by atoms with Crippen LogP contribution in [0.3, 0.4) is 0 Å². The van der Waals surface area contributed by atoms with Gasteiger partial charge in [0.1, 0.15) is 0 Å². The van der Waals surface area contributed by atoms with Crippen LogP contribution in [0.15, 0.2) is 0 Å². The Morgan fingerprint density at radius 1 is 1.33 bits per heavy atom. The molecule has 0 rings (SSSR count). The quantitative estimate of drug-likeness (QED) is 0.405. The summed E-state index contributed by atoms with van der Waals surface area (Å²) >= 11 is 0. The number of hydrogen-bond donors (Lipinski definition) is 1. The summed E-state index contributed by atoms with van der Waals surface area (Å²) in [4.78, 5) is 0. The van der Waals surface area contributed by atoms with Crippen LogP contribution in [-0.2, 0) is 4.65 Å². The van der Waals surface area contributed by atoms with Crippen LogP contribution in [0.25, 0.3) is 0 Å². The van der Waals surface area contributed by atoms with Crippen LogP contribution in [-0.4, -0.2) is 25.6 Å². The average molecular weight is 150 g/mol. The summed E-state index contributed by atoms with van der Waals surface area (Å²) in [6.07, 6.45) is 0. The van der Waals surface area contributed by atoms with E-state index in [1.807, 2.05) is 0 Å². The van der Waals surface area contributed by atoms with Crippen molar-refractivity contribution < 1.29 is 78.9 Å². The van der Waals surface area contributed by atoms with Crippen molar-refractivity contribution in [3.05, 3.63) is 0 Å². The van der Waals surface area contributed by atoms with E-state index in [0.29, 0.717) is 0 Å². The largest absolute Gasteiger partial charge is 1.00 e. The van der Waals surface area contributed by atoms with E-state index in [2.05, 4.69) is 4.65 Å². The van der Waals surface area contributed by atoms with Crippen molar-refractivity contribution in [1.82, 2.24) is 0 Å². The Hall–Kier alpha value is 1.90. The van der Waals surface area contributed by atoms with Gasteiger partial charge in [-0.05, 0) is 0 Å². The minimum absolute atomic E-state index is 0. The summed E-state index contributed by atoms with van der Waals surface area (Å²) in [7, 11) is -2.26. The molecule has 0 aromatic carbocycles. The molecular weight excluding hydrogens is 145 g/mol. The molecule has 0 spiro atoms. The summed E-state index contributed by atoms with van der Waals surface area (Å²) in [6, 6.07) is 0. The van der Waals surface area contributed by atoms with Gasteiger partial charge in [0.15, 0.2) is 0 Å². The number of aliphatic hydroxyl groups is 1. The number of rotatable bonds is 3. The Bertz CT molecular complexity index is 45.5. The van der Waals surface area contributed by atoms with E-state index >= 15 is 0 Å². The van der Waals surface area contributed by atoms with Crippen LogP contribution >= 0.6 is 0 Å². The smallest absolute Gasteiger partial charge is 0.871 e. The molecule has 42 valence electrons. The topological polar surface area (TPSA) is 75.6 Å². The first-order valence-electron chi connectivity index (χ1n) is 1.81. The molecule has 7 heteroatoms. The van der Waals surface area contributed by atoms with E-state index < -0.39 is 7.32 Å². The van der Waals surface area contributed by atoms with Crippen molar-refractivity contribution >= 4 is 7.32 Å². The zero-order valence-corrected chi connectivity index (χ0v) is 9.66. The molecule has 0 amide bonds. The zero-order chi connectivity index (χ0) is 5.70. The van der Waals surface area contributed by atoms with Crippen LogP contribution in [0.1, 0.15) is 0 Å². The number of hydrogen-bond acceptors (Lipinski definition) is 4. The zero-order valence-electron chi connectivity index (χ0n) is 5.66. The molecule has 1 N–H and O–H groups in total. The molecule has 4 nitrogen and oxygen atoms in total. The standard InChI is InChI=1S/C2H5BO4.2Na/c4-1-2-7-3(5)6;;/h4H,1-2H2;;/q-2;2*+1. The third-order valence-corrected chi connectivity index (χ3v) is 0.345. The normalized spacial score (nSPS) is 7.00. The maximum absolute atomic E-state index is 9.40. The van der Waals surface area contributed by atoms with Crippen LogP contribution < -0.4 is 69.2 Å². The minimum atomic E-state index is -2.26. The van der Waals surface area contributed by atoms with Gasteiger partial charge < -0.3 is 19.8 Å². The molecule has 0 aliphatic carbocycles. The molecule has 0 heterocycles. The first-order chi connectivity index (χ1) is 3.27. The van der Waals surface area contributed by atoms with Crippen molar-refractivity contribution in [2.75, 3.05) is 13.2 Å². The second kappa shape index (κ2) is 12.6. The van der Waals surface area contributed by atoms with Crippen LogP contribution in [0.2, 0.25) is 0 Å². The molecule has 0 fully saturated rings. The SMILES string of the molecule is [Na+].[Na+].[O-]B([O-])OCCO. The predicted octanol–water partition coefficient (Wildman–Crippen LogP) is -9.29. The molecule has 0 atom stereocenters. The Morgan fingerprint density at radius 2 is 1.78 bits per heavy atom. The Morgan fingerprint density at radius 3 is 1.89 bits per heavy atom. The fraction of sp³-hybridized carbons (Fsp3) is 1.00. The summed E-state index contributed by atoms with van der Waals surface area (Å²) in [5.74, 6) is 0. The molecule has 0 saturated heterocycles. The van der Waals surface area contributed by atoms with Gasteiger partial charge in [0.05, 0.1) is 13.9 Å². The van der Waals surface area contributed by atoms with Crippen LogP contribution in [0.4, 0.5) is 0 Å². The molecule has 0 aliphatic rings. The first kappa shape index (κ1) is 17.1. The minimum Gasteiger partial charge on any atom is -0.871 e. The van der Waals surface area contributed by atoms with E-state index in [4.69, 9.17) is 5.11 Å². The van der Waals surface area contributed by atoms with E-state index in [-0.39, 0.29) is 72.3 Å². The molecule has 0 radical (unpaired) electrons. The van der Waals surface area contributed by atoms with Gasteiger partial charge in [-0.2, -0.15) is 0 Å². The molecular formula is C2H5BNa2O4. The van der Waals surface area contributed by atoms with Gasteiger partial charge in [0.2, 0.25) is 0 Å². The second-order valence-corrected chi connectivity index (χ2v) is 0.883. The van der Waals surface area contributed by atoms with Gasteiger partial charge in [-0.25, -0.2) is 0 Å². The van der Waals surface area contributed by atoms with Gasteiger partial charge in [0, 0.05) is 6.61 Å². The summed E-state index contributed by atoms with van der Waals surface area (Å²) in [6.45, 7) is -0.446. The molecule has 0 aromatic rings. The average Bonchev–Trinajstić information content (AvgIpc) is 1.61. The maximum Gasteiger partial charge on any atom is 1.00 e. The predicted molar refractivity (Wildman–Crippen MR) is 18.8 cm³/mol. The monoisotopic (exact) mass is 150 g/mol. The maximum atomic E-state index is 9.40. The molecule has 9 heavy (non-hydrogen) atoms. The molecule has 0 aromatic heterocycles. The van der Waals surface area contributed by atoms with Crippen LogP contribution in [0.5, 0.6) is 0 Å². The second-order valence-electron chi connectivity index (χ2n) is 0.883. The van der Waals surface area contributed by atoms with Crippen molar-refractivity contribution in [2.24, 2.45) is 0 Å². The molecule has 0 bridgehead atoms. The van der Waals surface area contributed by atoms with Crippen molar-refractivity contribution in [3.63, 3.8) is 0 Å². The van der Waals surface area contributed by atoms with Crippen molar-refractivity contribution in [3.8, 4) is 0 Å². The van der Waals surface area contributed by atoms with Crippen LogP contribution in [0, 0.1) is 0 Å². The van der Waals surface area contributed by atoms with Gasteiger partial charge in [-0.3, -0.25) is 0 Å². The Kier molecular flexibility index (Phi) is 23.9. The van der Waals surface area contributed by atoms with Gasteiger partial charge in [0.25, 0.3) is 0 Å².